The molecule has 5 nitrogen and oxygen atoms in total. The van der Waals surface area contributed by atoms with Crippen LogP contribution >= 0.6 is 11.6 Å². The second-order valence-electron chi connectivity index (χ2n) is 4.09. The van der Waals surface area contributed by atoms with Crippen molar-refractivity contribution in [3.8, 4) is 11.5 Å². The van der Waals surface area contributed by atoms with Gasteiger partial charge < -0.3 is 20.1 Å². The Morgan fingerprint density at radius 2 is 2.05 bits per heavy atom. The first-order chi connectivity index (χ1) is 9.53. The van der Waals surface area contributed by atoms with E-state index >= 15 is 0 Å². The molecule has 1 amide bonds. The van der Waals surface area contributed by atoms with Crippen LogP contribution in [0.5, 0.6) is 11.5 Å². The molecule has 1 aromatic rings. The van der Waals surface area contributed by atoms with E-state index in [9.17, 15) is 4.79 Å². The van der Waals surface area contributed by atoms with Gasteiger partial charge in [0.2, 0.25) is 5.91 Å². The molecule has 0 radical (unpaired) electrons. The van der Waals surface area contributed by atoms with Crippen molar-refractivity contribution in [1.82, 2.24) is 5.32 Å². The van der Waals surface area contributed by atoms with E-state index < -0.39 is 6.04 Å². The van der Waals surface area contributed by atoms with Gasteiger partial charge in [0.15, 0.2) is 0 Å². The number of benzene rings is 1. The molecule has 0 spiro atoms. The Kier molecular flexibility index (Phi) is 6.18. The Labute approximate surface area is 123 Å². The van der Waals surface area contributed by atoms with Gasteiger partial charge in [0, 0.05) is 18.7 Å². The molecule has 0 aromatic heterocycles. The van der Waals surface area contributed by atoms with Crippen LogP contribution in [-0.2, 0) is 4.79 Å². The molecule has 6 heteroatoms. The summed E-state index contributed by atoms with van der Waals surface area (Å²) >= 11 is 6.02. The van der Waals surface area contributed by atoms with Crippen LogP contribution < -0.4 is 20.1 Å². The molecule has 1 aromatic carbocycles. The molecule has 0 saturated carbocycles. The second-order valence-corrected chi connectivity index (χ2v) is 4.49. The molecule has 0 heterocycles. The quantitative estimate of drug-likeness (QED) is 0.759. The lowest BCUT2D eigenvalue weighted by Crippen LogP contribution is -2.37. The molecule has 1 unspecified atom stereocenters. The van der Waals surface area contributed by atoms with Gasteiger partial charge >= 0.3 is 0 Å². The normalized spacial score (nSPS) is 11.4. The molecule has 0 bridgehead atoms. The van der Waals surface area contributed by atoms with E-state index in [-0.39, 0.29) is 5.91 Å². The number of methoxy groups -OCH3 is 2. The number of carbonyl (C=O) groups excluding carboxylic acids is 1. The summed E-state index contributed by atoms with van der Waals surface area (Å²) in [6, 6.07) is 2.89. The molecule has 0 aliphatic rings. The molecule has 2 N–H and O–H groups in total. The van der Waals surface area contributed by atoms with E-state index in [4.69, 9.17) is 21.1 Å². The van der Waals surface area contributed by atoms with Gasteiger partial charge in [0.1, 0.15) is 17.5 Å². The van der Waals surface area contributed by atoms with Crippen molar-refractivity contribution < 1.29 is 14.3 Å². The van der Waals surface area contributed by atoms with E-state index in [1.54, 1.807) is 25.1 Å². The number of anilines is 1. The van der Waals surface area contributed by atoms with E-state index in [0.717, 1.165) is 0 Å². The fourth-order valence-electron chi connectivity index (χ4n) is 1.60. The van der Waals surface area contributed by atoms with E-state index in [2.05, 4.69) is 17.2 Å². The lowest BCUT2D eigenvalue weighted by atomic mass is 10.2. The molecule has 1 rings (SSSR count). The molecule has 110 valence electrons. The van der Waals surface area contributed by atoms with Crippen LogP contribution in [0, 0.1) is 0 Å². The van der Waals surface area contributed by atoms with Crippen LogP contribution in [0.15, 0.2) is 24.8 Å². The van der Waals surface area contributed by atoms with Gasteiger partial charge in [-0.05, 0) is 6.92 Å². The Hall–Kier alpha value is -1.88. The average Bonchev–Trinajstić information content (AvgIpc) is 2.45. The third-order valence-electron chi connectivity index (χ3n) is 2.66. The fraction of sp³-hybridized carbons (Fsp3) is 0.357. The van der Waals surface area contributed by atoms with Crippen molar-refractivity contribution >= 4 is 23.2 Å². The molecule has 0 saturated heterocycles. The smallest absolute Gasteiger partial charge is 0.242 e. The molecular weight excluding hydrogens is 280 g/mol. The van der Waals surface area contributed by atoms with Gasteiger partial charge in [0.25, 0.3) is 0 Å². The van der Waals surface area contributed by atoms with Crippen molar-refractivity contribution in [2.45, 2.75) is 13.0 Å². The minimum Gasteiger partial charge on any atom is -0.495 e. The SMILES string of the molecule is C=CCNC(=O)C(C)Nc1cc(OC)c(Cl)cc1OC. The molecule has 0 fully saturated rings. The number of rotatable bonds is 7. The molecule has 0 aliphatic heterocycles. The number of hydrogen-bond donors (Lipinski definition) is 2. The lowest BCUT2D eigenvalue weighted by Gasteiger charge is -2.18. The van der Waals surface area contributed by atoms with Crippen LogP contribution in [0.1, 0.15) is 6.92 Å². The molecule has 0 aliphatic carbocycles. The maximum atomic E-state index is 11.8. The Bertz CT molecular complexity index is 492. The highest BCUT2D eigenvalue weighted by atomic mass is 35.5. The summed E-state index contributed by atoms with van der Waals surface area (Å²) in [5.41, 5.74) is 0.634. The lowest BCUT2D eigenvalue weighted by molar-refractivity contribution is -0.121. The summed E-state index contributed by atoms with van der Waals surface area (Å²) in [7, 11) is 3.06. The van der Waals surface area contributed by atoms with Crippen molar-refractivity contribution in [3.63, 3.8) is 0 Å². The zero-order valence-corrected chi connectivity index (χ0v) is 12.6. The van der Waals surface area contributed by atoms with Crippen LogP contribution in [0.3, 0.4) is 0 Å². The third-order valence-corrected chi connectivity index (χ3v) is 2.96. The van der Waals surface area contributed by atoms with E-state index in [0.29, 0.717) is 28.8 Å². The second kappa shape index (κ2) is 7.65. The summed E-state index contributed by atoms with van der Waals surface area (Å²) in [6.07, 6.45) is 1.62. The van der Waals surface area contributed by atoms with Crippen LogP contribution in [0.4, 0.5) is 5.69 Å². The van der Waals surface area contributed by atoms with E-state index in [1.165, 1.54) is 14.2 Å². The first-order valence-electron chi connectivity index (χ1n) is 6.10. The number of carbonyl (C=O) groups is 1. The number of amides is 1. The molecular formula is C14H19ClN2O3. The summed E-state index contributed by atoms with van der Waals surface area (Å²) in [5, 5.41) is 6.22. The zero-order chi connectivity index (χ0) is 15.1. The van der Waals surface area contributed by atoms with Gasteiger partial charge in [-0.25, -0.2) is 0 Å². The maximum absolute atomic E-state index is 11.8. The number of hydrogen-bond acceptors (Lipinski definition) is 4. The summed E-state index contributed by atoms with van der Waals surface area (Å²) < 4.78 is 10.4. The summed E-state index contributed by atoms with van der Waals surface area (Å²) in [6.45, 7) is 5.72. The van der Waals surface area contributed by atoms with Gasteiger partial charge in [-0.1, -0.05) is 17.7 Å². The zero-order valence-electron chi connectivity index (χ0n) is 11.8. The predicted octanol–water partition coefficient (Wildman–Crippen LogP) is 2.46. The Balaban J connectivity index is 2.89. The average molecular weight is 299 g/mol. The highest BCUT2D eigenvalue weighted by Crippen LogP contribution is 2.36. The standard InChI is InChI=1S/C14H19ClN2O3/c1-5-6-16-14(18)9(2)17-11-8-12(19-3)10(15)7-13(11)20-4/h5,7-9,17H,1,6H2,2-4H3,(H,16,18). The van der Waals surface area contributed by atoms with Crippen molar-refractivity contribution in [2.75, 3.05) is 26.1 Å². The number of halogens is 1. The minimum atomic E-state index is -0.435. The van der Waals surface area contributed by atoms with Gasteiger partial charge in [-0.3, -0.25) is 4.79 Å². The first kappa shape index (κ1) is 16.2. The summed E-state index contributed by atoms with van der Waals surface area (Å²) in [5.74, 6) is 0.911. The Morgan fingerprint density at radius 3 is 2.60 bits per heavy atom. The molecule has 20 heavy (non-hydrogen) atoms. The highest BCUT2D eigenvalue weighted by Gasteiger charge is 2.16. The fourth-order valence-corrected chi connectivity index (χ4v) is 1.83. The van der Waals surface area contributed by atoms with Crippen molar-refractivity contribution in [2.24, 2.45) is 0 Å². The molecule has 1 atom stereocenters. The van der Waals surface area contributed by atoms with Gasteiger partial charge in [-0.2, -0.15) is 0 Å². The predicted molar refractivity (Wildman–Crippen MR) is 80.8 cm³/mol. The summed E-state index contributed by atoms with van der Waals surface area (Å²) in [4.78, 5) is 11.8. The van der Waals surface area contributed by atoms with Crippen LogP contribution in [-0.4, -0.2) is 32.7 Å². The largest absolute Gasteiger partial charge is 0.495 e. The van der Waals surface area contributed by atoms with E-state index in [1.807, 2.05) is 0 Å². The van der Waals surface area contributed by atoms with Crippen LogP contribution in [0.25, 0.3) is 0 Å². The monoisotopic (exact) mass is 298 g/mol. The minimum absolute atomic E-state index is 0.138. The Morgan fingerprint density at radius 1 is 1.40 bits per heavy atom. The first-order valence-corrected chi connectivity index (χ1v) is 6.48. The van der Waals surface area contributed by atoms with Crippen molar-refractivity contribution in [3.05, 3.63) is 29.8 Å². The highest BCUT2D eigenvalue weighted by molar-refractivity contribution is 6.32. The number of ether oxygens (including phenoxy) is 2. The van der Waals surface area contributed by atoms with Crippen LogP contribution in [0.2, 0.25) is 5.02 Å². The topological polar surface area (TPSA) is 59.6 Å². The van der Waals surface area contributed by atoms with Crippen molar-refractivity contribution in [1.29, 1.82) is 0 Å². The van der Waals surface area contributed by atoms with Gasteiger partial charge in [0.05, 0.1) is 24.9 Å². The number of nitrogens with one attached hydrogen (secondary N) is 2. The maximum Gasteiger partial charge on any atom is 0.242 e. The van der Waals surface area contributed by atoms with Gasteiger partial charge in [-0.15, -0.1) is 6.58 Å². The third kappa shape index (κ3) is 4.06.